The number of rotatable bonds is 4. The molecule has 1 aromatic rings. The zero-order valence-corrected chi connectivity index (χ0v) is 8.46. The van der Waals surface area contributed by atoms with Crippen molar-refractivity contribution in [3.63, 3.8) is 0 Å². The van der Waals surface area contributed by atoms with Gasteiger partial charge in [-0.25, -0.2) is 0 Å². The van der Waals surface area contributed by atoms with Crippen molar-refractivity contribution in [1.82, 2.24) is 0 Å². The van der Waals surface area contributed by atoms with Gasteiger partial charge in [0.2, 0.25) is 0 Å². The smallest absolute Gasteiger partial charge is 0.0408 e. The van der Waals surface area contributed by atoms with Crippen molar-refractivity contribution < 1.29 is 0 Å². The monoisotopic (exact) mass is 175 g/mol. The van der Waals surface area contributed by atoms with Crippen LogP contribution < -0.4 is 4.90 Å². The van der Waals surface area contributed by atoms with Gasteiger partial charge in [-0.15, -0.1) is 0 Å². The van der Waals surface area contributed by atoms with Crippen LogP contribution in [-0.4, -0.2) is 6.54 Å². The molecule has 13 heavy (non-hydrogen) atoms. The zero-order valence-electron chi connectivity index (χ0n) is 8.46. The lowest BCUT2D eigenvalue weighted by Gasteiger charge is -2.19. The molecule has 0 aromatic heterocycles. The molecule has 0 aliphatic carbocycles. The fraction of sp³-hybridized carbons (Fsp3) is 0.333. The highest BCUT2D eigenvalue weighted by molar-refractivity contribution is 5.50. The number of hydrogen-bond donors (Lipinski definition) is 0. The van der Waals surface area contributed by atoms with Crippen LogP contribution in [-0.2, 0) is 0 Å². The number of aryl methyl sites for hydroxylation is 1. The summed E-state index contributed by atoms with van der Waals surface area (Å²) in [7, 11) is 0. The maximum Gasteiger partial charge on any atom is 0.0408 e. The Morgan fingerprint density at radius 1 is 1.46 bits per heavy atom. The molecule has 0 amide bonds. The quantitative estimate of drug-likeness (QED) is 0.678. The minimum absolute atomic E-state index is 1.03. The molecular formula is C12H17N. The molecule has 0 aliphatic rings. The summed E-state index contributed by atoms with van der Waals surface area (Å²) in [5.41, 5.74) is 2.53. The summed E-state index contributed by atoms with van der Waals surface area (Å²) in [6.07, 6.45) is 3.03. The molecule has 0 saturated heterocycles. The number of hydrogen-bond acceptors (Lipinski definition) is 1. The minimum Gasteiger partial charge on any atom is -0.349 e. The molecule has 0 bridgehead atoms. The minimum atomic E-state index is 1.03. The van der Waals surface area contributed by atoms with Gasteiger partial charge in [0.1, 0.15) is 0 Å². The second kappa shape index (κ2) is 4.70. The maximum absolute atomic E-state index is 3.81. The average Bonchev–Trinajstić information content (AvgIpc) is 2.14. The second-order valence-electron chi connectivity index (χ2n) is 3.21. The highest BCUT2D eigenvalue weighted by atomic mass is 15.1. The van der Waals surface area contributed by atoms with E-state index in [2.05, 4.69) is 49.6 Å². The molecular weight excluding hydrogens is 158 g/mol. The van der Waals surface area contributed by atoms with Gasteiger partial charge in [0, 0.05) is 12.2 Å². The van der Waals surface area contributed by atoms with E-state index in [0.29, 0.717) is 0 Å². The zero-order chi connectivity index (χ0) is 9.68. The Labute approximate surface area is 80.7 Å². The fourth-order valence-electron chi connectivity index (χ4n) is 1.37. The van der Waals surface area contributed by atoms with Gasteiger partial charge in [-0.3, -0.25) is 0 Å². The molecule has 0 radical (unpaired) electrons. The second-order valence-corrected chi connectivity index (χ2v) is 3.21. The third-order valence-electron chi connectivity index (χ3n) is 2.02. The van der Waals surface area contributed by atoms with E-state index in [-0.39, 0.29) is 0 Å². The highest BCUT2D eigenvalue weighted by Gasteiger charge is 1.99. The van der Waals surface area contributed by atoms with E-state index in [1.54, 1.807) is 0 Å². The summed E-state index contributed by atoms with van der Waals surface area (Å²) in [6.45, 7) is 9.13. The summed E-state index contributed by atoms with van der Waals surface area (Å²) in [6, 6.07) is 8.48. The maximum atomic E-state index is 3.81. The van der Waals surface area contributed by atoms with Crippen LogP contribution in [0, 0.1) is 6.92 Å². The Hall–Kier alpha value is -1.24. The first-order chi connectivity index (χ1) is 6.27. The normalized spacial score (nSPS) is 9.69. The summed E-state index contributed by atoms with van der Waals surface area (Å²) in [5.74, 6) is 0. The largest absolute Gasteiger partial charge is 0.349 e. The van der Waals surface area contributed by atoms with E-state index in [4.69, 9.17) is 0 Å². The molecule has 0 saturated carbocycles. The Balaban J connectivity index is 2.84. The van der Waals surface area contributed by atoms with Gasteiger partial charge in [0.05, 0.1) is 0 Å². The molecule has 70 valence electrons. The van der Waals surface area contributed by atoms with Crippen LogP contribution in [0.5, 0.6) is 0 Å². The van der Waals surface area contributed by atoms with Gasteiger partial charge in [-0.05, 0) is 37.2 Å². The van der Waals surface area contributed by atoms with E-state index >= 15 is 0 Å². The molecule has 0 atom stereocenters. The van der Waals surface area contributed by atoms with E-state index in [9.17, 15) is 0 Å². The summed E-state index contributed by atoms with van der Waals surface area (Å²) < 4.78 is 0. The molecule has 0 unspecified atom stereocenters. The van der Waals surface area contributed by atoms with Crippen LogP contribution in [0.4, 0.5) is 5.69 Å². The predicted octanol–water partition coefficient (Wildman–Crippen LogP) is 3.35. The summed E-state index contributed by atoms with van der Waals surface area (Å²) in [4.78, 5) is 2.17. The van der Waals surface area contributed by atoms with Crippen LogP contribution in [0.25, 0.3) is 0 Å². The first kappa shape index (κ1) is 9.85. The Morgan fingerprint density at radius 2 is 2.23 bits per heavy atom. The van der Waals surface area contributed by atoms with E-state index in [1.807, 2.05) is 6.20 Å². The standard InChI is InChI=1S/C12H17N/c1-4-9-13(5-2)12-8-6-7-11(3)10-12/h5-8,10H,2,4,9H2,1,3H3. The van der Waals surface area contributed by atoms with Crippen molar-refractivity contribution in [3.05, 3.63) is 42.6 Å². The van der Waals surface area contributed by atoms with Crippen LogP contribution in [0.15, 0.2) is 37.0 Å². The Bertz CT molecular complexity index is 278. The molecule has 1 heteroatoms. The third-order valence-corrected chi connectivity index (χ3v) is 2.02. The van der Waals surface area contributed by atoms with Crippen molar-refractivity contribution in [2.75, 3.05) is 11.4 Å². The van der Waals surface area contributed by atoms with Gasteiger partial charge < -0.3 is 4.90 Å². The van der Waals surface area contributed by atoms with Crippen molar-refractivity contribution in [1.29, 1.82) is 0 Å². The third kappa shape index (κ3) is 2.62. The number of anilines is 1. The van der Waals surface area contributed by atoms with Gasteiger partial charge in [0.25, 0.3) is 0 Å². The molecule has 1 nitrogen and oxygen atoms in total. The lowest BCUT2D eigenvalue weighted by molar-refractivity contribution is 0.881. The molecule has 0 spiro atoms. The van der Waals surface area contributed by atoms with Crippen molar-refractivity contribution >= 4 is 5.69 Å². The first-order valence-electron chi connectivity index (χ1n) is 4.73. The van der Waals surface area contributed by atoms with Gasteiger partial charge in [-0.2, -0.15) is 0 Å². The van der Waals surface area contributed by atoms with Crippen LogP contribution in [0.1, 0.15) is 18.9 Å². The fourth-order valence-corrected chi connectivity index (χ4v) is 1.37. The predicted molar refractivity (Wildman–Crippen MR) is 59.0 cm³/mol. The van der Waals surface area contributed by atoms with Crippen molar-refractivity contribution in [3.8, 4) is 0 Å². The van der Waals surface area contributed by atoms with Gasteiger partial charge >= 0.3 is 0 Å². The lowest BCUT2D eigenvalue weighted by atomic mass is 10.2. The molecule has 0 aliphatic heterocycles. The van der Waals surface area contributed by atoms with Crippen LogP contribution in [0.3, 0.4) is 0 Å². The lowest BCUT2D eigenvalue weighted by Crippen LogP contribution is -2.15. The molecule has 1 rings (SSSR count). The Morgan fingerprint density at radius 3 is 2.77 bits per heavy atom. The topological polar surface area (TPSA) is 3.24 Å². The van der Waals surface area contributed by atoms with Crippen molar-refractivity contribution in [2.24, 2.45) is 0 Å². The van der Waals surface area contributed by atoms with Crippen LogP contribution >= 0.6 is 0 Å². The Kier molecular flexibility index (Phi) is 3.56. The average molecular weight is 175 g/mol. The SMILES string of the molecule is C=CN(CCC)c1cccc(C)c1. The van der Waals surface area contributed by atoms with Gasteiger partial charge in [-0.1, -0.05) is 25.6 Å². The van der Waals surface area contributed by atoms with Crippen molar-refractivity contribution in [2.45, 2.75) is 20.3 Å². The molecule has 1 aromatic carbocycles. The van der Waals surface area contributed by atoms with E-state index < -0.39 is 0 Å². The molecule has 0 N–H and O–H groups in total. The van der Waals surface area contributed by atoms with E-state index in [0.717, 1.165) is 13.0 Å². The first-order valence-corrected chi connectivity index (χ1v) is 4.73. The molecule has 0 heterocycles. The summed E-state index contributed by atoms with van der Waals surface area (Å²) in [5, 5.41) is 0. The number of benzene rings is 1. The highest BCUT2D eigenvalue weighted by Crippen LogP contribution is 2.15. The van der Waals surface area contributed by atoms with Gasteiger partial charge in [0.15, 0.2) is 0 Å². The van der Waals surface area contributed by atoms with Crippen LogP contribution in [0.2, 0.25) is 0 Å². The van der Waals surface area contributed by atoms with E-state index in [1.165, 1.54) is 11.3 Å². The molecule has 0 fully saturated rings. The summed E-state index contributed by atoms with van der Waals surface area (Å²) >= 11 is 0. The number of nitrogens with zero attached hydrogens (tertiary/aromatic N) is 1.